The van der Waals surface area contributed by atoms with Gasteiger partial charge in [-0.3, -0.25) is 14.6 Å². The molecule has 0 saturated heterocycles. The second-order valence-electron chi connectivity index (χ2n) is 6.27. The van der Waals surface area contributed by atoms with E-state index in [1.165, 1.54) is 29.9 Å². The summed E-state index contributed by atoms with van der Waals surface area (Å²) in [4.78, 5) is 36.6. The lowest BCUT2D eigenvalue weighted by molar-refractivity contribution is -0.127. The van der Waals surface area contributed by atoms with E-state index in [1.807, 2.05) is 5.38 Å². The summed E-state index contributed by atoms with van der Waals surface area (Å²) < 4.78 is 0. The first-order chi connectivity index (χ1) is 12.6. The highest BCUT2D eigenvalue weighted by Gasteiger charge is 2.34. The van der Waals surface area contributed by atoms with Crippen LogP contribution in [0.2, 0.25) is 0 Å². The van der Waals surface area contributed by atoms with Crippen LogP contribution >= 0.6 is 11.3 Å². The minimum Gasteiger partial charge on any atom is -0.391 e. The number of thiazole rings is 1. The van der Waals surface area contributed by atoms with Gasteiger partial charge in [0, 0.05) is 36.7 Å². The maximum Gasteiger partial charge on any atom is 0.271 e. The summed E-state index contributed by atoms with van der Waals surface area (Å²) in [5, 5.41) is 17.8. The van der Waals surface area contributed by atoms with E-state index >= 15 is 0 Å². The van der Waals surface area contributed by atoms with Crippen LogP contribution in [0.3, 0.4) is 0 Å². The van der Waals surface area contributed by atoms with E-state index < -0.39 is 18.1 Å². The van der Waals surface area contributed by atoms with E-state index in [0.717, 1.165) is 5.69 Å². The second-order valence-corrected chi connectivity index (χ2v) is 6.99. The molecule has 0 aliphatic heterocycles. The predicted molar refractivity (Wildman–Crippen MR) is 95.5 cm³/mol. The molecule has 1 aliphatic rings. The molecule has 2 heterocycles. The van der Waals surface area contributed by atoms with Gasteiger partial charge in [0.2, 0.25) is 5.91 Å². The first-order valence-electron chi connectivity index (χ1n) is 8.53. The molecule has 3 atom stereocenters. The number of nitrogens with one attached hydrogen (secondary N) is 2. The van der Waals surface area contributed by atoms with E-state index in [4.69, 9.17) is 0 Å². The Kier molecular flexibility index (Phi) is 6.24. The van der Waals surface area contributed by atoms with Crippen LogP contribution in [0, 0.1) is 5.92 Å². The SMILES string of the molecule is O=C(N[C@@H]1C[C@@H](C(=O)NCCc2cscn2)CC[C@H]1O)c1cnccn1. The van der Waals surface area contributed by atoms with Crippen LogP contribution in [0.5, 0.6) is 0 Å². The van der Waals surface area contributed by atoms with Gasteiger partial charge >= 0.3 is 0 Å². The first kappa shape index (κ1) is 18.4. The van der Waals surface area contributed by atoms with Crippen LogP contribution in [-0.2, 0) is 11.2 Å². The Morgan fingerprint density at radius 3 is 2.88 bits per heavy atom. The highest BCUT2D eigenvalue weighted by molar-refractivity contribution is 7.07. The van der Waals surface area contributed by atoms with Crippen molar-refractivity contribution in [2.45, 2.75) is 37.8 Å². The number of hydrogen-bond donors (Lipinski definition) is 3. The summed E-state index contributed by atoms with van der Waals surface area (Å²) in [5.41, 5.74) is 2.92. The van der Waals surface area contributed by atoms with Gasteiger partial charge in [-0.15, -0.1) is 11.3 Å². The minimum atomic E-state index is -0.672. The van der Waals surface area contributed by atoms with Gasteiger partial charge in [-0.1, -0.05) is 0 Å². The monoisotopic (exact) mass is 375 g/mol. The number of nitrogens with zero attached hydrogens (tertiary/aromatic N) is 3. The summed E-state index contributed by atoms with van der Waals surface area (Å²) in [5.74, 6) is -0.682. The van der Waals surface area contributed by atoms with Gasteiger partial charge in [0.25, 0.3) is 5.91 Å². The van der Waals surface area contributed by atoms with E-state index in [2.05, 4.69) is 25.6 Å². The molecule has 3 N–H and O–H groups in total. The molecule has 1 aliphatic carbocycles. The number of aliphatic hydroxyl groups excluding tert-OH is 1. The summed E-state index contributed by atoms with van der Waals surface area (Å²) in [6, 6.07) is -0.479. The Labute approximate surface area is 155 Å². The molecule has 0 unspecified atom stereocenters. The number of carbonyl (C=O) groups is 2. The van der Waals surface area contributed by atoms with Crippen molar-refractivity contribution >= 4 is 23.2 Å². The molecule has 26 heavy (non-hydrogen) atoms. The van der Waals surface area contributed by atoms with Crippen molar-refractivity contribution in [2.24, 2.45) is 5.92 Å². The molecule has 8 nitrogen and oxygen atoms in total. The Morgan fingerprint density at radius 1 is 1.27 bits per heavy atom. The van der Waals surface area contributed by atoms with Crippen LogP contribution in [0.4, 0.5) is 0 Å². The summed E-state index contributed by atoms with van der Waals surface area (Å²) in [6.45, 7) is 0.526. The number of carbonyl (C=O) groups excluding carboxylic acids is 2. The predicted octanol–water partition coefficient (Wildman–Crippen LogP) is 0.551. The fourth-order valence-electron chi connectivity index (χ4n) is 3.03. The van der Waals surface area contributed by atoms with Gasteiger partial charge < -0.3 is 15.7 Å². The third-order valence-corrected chi connectivity index (χ3v) is 5.10. The molecule has 0 bridgehead atoms. The third-order valence-electron chi connectivity index (χ3n) is 4.46. The van der Waals surface area contributed by atoms with Gasteiger partial charge in [0.15, 0.2) is 0 Å². The van der Waals surface area contributed by atoms with Crippen molar-refractivity contribution in [3.63, 3.8) is 0 Å². The molecule has 2 amide bonds. The van der Waals surface area contributed by atoms with Crippen LogP contribution in [0.15, 0.2) is 29.5 Å². The molecule has 1 fully saturated rings. The maximum absolute atomic E-state index is 12.4. The molecular formula is C17H21N5O3S. The van der Waals surface area contributed by atoms with Crippen molar-refractivity contribution in [3.8, 4) is 0 Å². The lowest BCUT2D eigenvalue weighted by Crippen LogP contribution is -2.49. The molecule has 1 saturated carbocycles. The van der Waals surface area contributed by atoms with Gasteiger partial charge in [0.1, 0.15) is 5.69 Å². The van der Waals surface area contributed by atoms with Gasteiger partial charge in [-0.25, -0.2) is 9.97 Å². The Morgan fingerprint density at radius 2 is 2.15 bits per heavy atom. The minimum absolute atomic E-state index is 0.0501. The number of rotatable bonds is 6. The zero-order valence-electron chi connectivity index (χ0n) is 14.2. The van der Waals surface area contributed by atoms with Gasteiger partial charge in [-0.2, -0.15) is 0 Å². The second kappa shape index (κ2) is 8.81. The molecule has 2 aromatic heterocycles. The molecule has 0 spiro atoms. The summed E-state index contributed by atoms with van der Waals surface area (Å²) in [6.07, 6.45) is 5.77. The van der Waals surface area contributed by atoms with Crippen LogP contribution in [-0.4, -0.2) is 50.6 Å². The Bertz CT molecular complexity index is 725. The van der Waals surface area contributed by atoms with Crippen molar-refractivity contribution in [1.29, 1.82) is 0 Å². The van der Waals surface area contributed by atoms with Crippen LogP contribution in [0.1, 0.15) is 35.4 Å². The smallest absolute Gasteiger partial charge is 0.271 e. The zero-order chi connectivity index (χ0) is 18.4. The average molecular weight is 375 g/mol. The quantitative estimate of drug-likeness (QED) is 0.679. The maximum atomic E-state index is 12.4. The Balaban J connectivity index is 1.50. The fraction of sp³-hybridized carbons (Fsp3) is 0.471. The number of aromatic nitrogens is 3. The van der Waals surface area contributed by atoms with Crippen molar-refractivity contribution < 1.29 is 14.7 Å². The molecule has 0 aromatic carbocycles. The first-order valence-corrected chi connectivity index (χ1v) is 9.47. The molecule has 3 rings (SSSR count). The standard InChI is InChI=1S/C17H21N5O3S/c23-15-2-1-11(16(24)20-4-3-12-9-26-10-21-12)7-13(15)22-17(25)14-8-18-5-6-19-14/h5-6,8-11,13,15,23H,1-4,7H2,(H,20,24)(H,22,25)/t11-,13+,15+/m0/s1. The number of aliphatic hydroxyl groups is 1. The molecule has 2 aromatic rings. The van der Waals surface area contributed by atoms with Crippen LogP contribution < -0.4 is 10.6 Å². The molecule has 9 heteroatoms. The van der Waals surface area contributed by atoms with Gasteiger partial charge in [-0.05, 0) is 19.3 Å². The van der Waals surface area contributed by atoms with E-state index in [-0.39, 0.29) is 17.5 Å². The van der Waals surface area contributed by atoms with E-state index in [1.54, 1.807) is 5.51 Å². The van der Waals surface area contributed by atoms with Crippen molar-refractivity contribution in [3.05, 3.63) is 40.9 Å². The van der Waals surface area contributed by atoms with Gasteiger partial charge in [0.05, 0.1) is 29.5 Å². The lowest BCUT2D eigenvalue weighted by Gasteiger charge is -2.33. The topological polar surface area (TPSA) is 117 Å². The third kappa shape index (κ3) is 4.83. The largest absolute Gasteiger partial charge is 0.391 e. The van der Waals surface area contributed by atoms with Crippen LogP contribution in [0.25, 0.3) is 0 Å². The van der Waals surface area contributed by atoms with E-state index in [9.17, 15) is 14.7 Å². The lowest BCUT2D eigenvalue weighted by atomic mass is 9.83. The Hall–Kier alpha value is -2.39. The fourth-order valence-corrected chi connectivity index (χ4v) is 3.62. The zero-order valence-corrected chi connectivity index (χ0v) is 15.0. The highest BCUT2D eigenvalue weighted by Crippen LogP contribution is 2.25. The number of hydrogen-bond acceptors (Lipinski definition) is 7. The molecule has 0 radical (unpaired) electrons. The van der Waals surface area contributed by atoms with Crippen molar-refractivity contribution in [1.82, 2.24) is 25.6 Å². The summed E-state index contributed by atoms with van der Waals surface area (Å²) >= 11 is 1.53. The van der Waals surface area contributed by atoms with E-state index in [0.29, 0.717) is 32.2 Å². The normalized spacial score (nSPS) is 22.6. The summed E-state index contributed by atoms with van der Waals surface area (Å²) in [7, 11) is 0. The van der Waals surface area contributed by atoms with Crippen molar-refractivity contribution in [2.75, 3.05) is 6.54 Å². The molecule has 138 valence electrons. The number of amides is 2. The molecular weight excluding hydrogens is 354 g/mol. The average Bonchev–Trinajstić information content (AvgIpc) is 3.17. The highest BCUT2D eigenvalue weighted by atomic mass is 32.1.